The first-order chi connectivity index (χ1) is 12.7. The van der Waals surface area contributed by atoms with Gasteiger partial charge in [0, 0.05) is 12.0 Å². The Hall–Kier alpha value is -3.39. The van der Waals surface area contributed by atoms with Gasteiger partial charge in [-0.1, -0.05) is 30.4 Å². The zero-order valence-corrected chi connectivity index (χ0v) is 14.2. The Morgan fingerprint density at radius 2 is 1.85 bits per heavy atom. The first kappa shape index (κ1) is 17.4. The molecule has 1 aliphatic rings. The summed E-state index contributed by atoms with van der Waals surface area (Å²) in [5.41, 5.74) is 1.89. The molecule has 0 heterocycles. The minimum Gasteiger partial charge on any atom is -0.324 e. The minimum atomic E-state index is -0.331. The van der Waals surface area contributed by atoms with Gasteiger partial charge >= 0.3 is 0 Å². The van der Waals surface area contributed by atoms with Gasteiger partial charge in [-0.2, -0.15) is 5.26 Å². The molecule has 5 heteroatoms. The number of benzene rings is 2. The van der Waals surface area contributed by atoms with Crippen LogP contribution in [0.5, 0.6) is 0 Å². The van der Waals surface area contributed by atoms with Gasteiger partial charge in [-0.3, -0.25) is 9.59 Å². The number of carbonyl (C=O) groups excluding carboxylic acids is 2. The third-order valence-electron chi connectivity index (χ3n) is 4.26. The maximum absolute atomic E-state index is 12.5. The quantitative estimate of drug-likeness (QED) is 0.800. The standard InChI is InChI=1S/C21H19N3O2/c22-14-16-8-5-9-17(12-16)21(26)24-19-11-4-3-10-18(19)23-20(25)13-15-6-1-2-7-15/h1,3-6,8-12,15H,2,7,13H2,(H,23,25)(H,24,26)/t15-/m0/s1. The predicted molar refractivity (Wildman–Crippen MR) is 101 cm³/mol. The molecule has 2 aromatic rings. The van der Waals surface area contributed by atoms with Crippen molar-refractivity contribution in [1.82, 2.24) is 0 Å². The van der Waals surface area contributed by atoms with Crippen LogP contribution >= 0.6 is 0 Å². The van der Waals surface area contributed by atoms with Gasteiger partial charge in [0.15, 0.2) is 0 Å². The Balaban J connectivity index is 1.70. The normalized spacial score (nSPS) is 15.3. The van der Waals surface area contributed by atoms with Gasteiger partial charge < -0.3 is 10.6 Å². The van der Waals surface area contributed by atoms with Crippen LogP contribution in [-0.4, -0.2) is 11.8 Å². The molecule has 0 aromatic heterocycles. The first-order valence-electron chi connectivity index (χ1n) is 8.53. The lowest BCUT2D eigenvalue weighted by Crippen LogP contribution is -2.18. The maximum atomic E-state index is 12.5. The minimum absolute atomic E-state index is 0.0743. The van der Waals surface area contributed by atoms with E-state index in [1.54, 1.807) is 42.5 Å². The fourth-order valence-electron chi connectivity index (χ4n) is 2.93. The molecule has 26 heavy (non-hydrogen) atoms. The summed E-state index contributed by atoms with van der Waals surface area (Å²) in [5.74, 6) is -0.122. The molecular formula is C21H19N3O2. The summed E-state index contributed by atoms with van der Waals surface area (Å²) < 4.78 is 0. The van der Waals surface area contributed by atoms with E-state index in [-0.39, 0.29) is 17.7 Å². The van der Waals surface area contributed by atoms with E-state index in [2.05, 4.69) is 22.8 Å². The molecule has 1 atom stereocenters. The molecule has 0 unspecified atom stereocenters. The monoisotopic (exact) mass is 345 g/mol. The van der Waals surface area contributed by atoms with E-state index in [1.807, 2.05) is 6.07 Å². The fourth-order valence-corrected chi connectivity index (χ4v) is 2.93. The van der Waals surface area contributed by atoms with E-state index in [1.165, 1.54) is 6.07 Å². The number of allylic oxidation sites excluding steroid dienone is 2. The number of nitriles is 1. The van der Waals surface area contributed by atoms with Gasteiger partial charge in [0.1, 0.15) is 0 Å². The number of para-hydroxylation sites is 2. The van der Waals surface area contributed by atoms with E-state index < -0.39 is 0 Å². The van der Waals surface area contributed by atoms with Crippen molar-refractivity contribution in [3.8, 4) is 6.07 Å². The molecule has 2 N–H and O–H groups in total. The van der Waals surface area contributed by atoms with Crippen LogP contribution in [0, 0.1) is 17.2 Å². The average molecular weight is 345 g/mol. The highest BCUT2D eigenvalue weighted by molar-refractivity contribution is 6.07. The molecule has 0 radical (unpaired) electrons. The van der Waals surface area contributed by atoms with E-state index >= 15 is 0 Å². The lowest BCUT2D eigenvalue weighted by Gasteiger charge is -2.13. The van der Waals surface area contributed by atoms with E-state index in [0.29, 0.717) is 28.9 Å². The fraction of sp³-hybridized carbons (Fsp3) is 0.190. The summed E-state index contributed by atoms with van der Waals surface area (Å²) in [7, 11) is 0. The molecule has 0 bridgehead atoms. The van der Waals surface area contributed by atoms with Crippen LogP contribution in [0.15, 0.2) is 60.7 Å². The highest BCUT2D eigenvalue weighted by Crippen LogP contribution is 2.24. The number of nitrogens with zero attached hydrogens (tertiary/aromatic N) is 1. The van der Waals surface area contributed by atoms with Crippen molar-refractivity contribution in [2.24, 2.45) is 5.92 Å². The van der Waals surface area contributed by atoms with Crippen LogP contribution < -0.4 is 10.6 Å². The van der Waals surface area contributed by atoms with Gasteiger partial charge in [0.2, 0.25) is 5.91 Å². The lowest BCUT2D eigenvalue weighted by atomic mass is 10.0. The second-order valence-corrected chi connectivity index (χ2v) is 6.21. The number of anilines is 2. The predicted octanol–water partition coefficient (Wildman–Crippen LogP) is 4.11. The molecule has 3 rings (SSSR count). The number of hydrogen-bond acceptors (Lipinski definition) is 3. The van der Waals surface area contributed by atoms with Crippen LogP contribution in [0.2, 0.25) is 0 Å². The third-order valence-corrected chi connectivity index (χ3v) is 4.26. The van der Waals surface area contributed by atoms with Gasteiger partial charge in [0.05, 0.1) is 23.0 Å². The van der Waals surface area contributed by atoms with Gasteiger partial charge in [0.25, 0.3) is 5.91 Å². The smallest absolute Gasteiger partial charge is 0.255 e. The number of nitrogens with one attached hydrogen (secondary N) is 2. The van der Waals surface area contributed by atoms with Crippen molar-refractivity contribution in [3.05, 3.63) is 71.8 Å². The van der Waals surface area contributed by atoms with Crippen LogP contribution in [0.25, 0.3) is 0 Å². The average Bonchev–Trinajstić information content (AvgIpc) is 3.16. The van der Waals surface area contributed by atoms with Crippen LogP contribution in [0.3, 0.4) is 0 Å². The van der Waals surface area contributed by atoms with Crippen LogP contribution in [0.4, 0.5) is 11.4 Å². The molecule has 2 aromatic carbocycles. The van der Waals surface area contributed by atoms with Crippen LogP contribution in [-0.2, 0) is 4.79 Å². The second-order valence-electron chi connectivity index (χ2n) is 6.21. The topological polar surface area (TPSA) is 82.0 Å². The molecule has 1 aliphatic carbocycles. The maximum Gasteiger partial charge on any atom is 0.255 e. The zero-order valence-electron chi connectivity index (χ0n) is 14.2. The van der Waals surface area contributed by atoms with Gasteiger partial charge in [-0.05, 0) is 49.1 Å². The summed E-state index contributed by atoms with van der Waals surface area (Å²) >= 11 is 0. The summed E-state index contributed by atoms with van der Waals surface area (Å²) in [4.78, 5) is 24.7. The summed E-state index contributed by atoms with van der Waals surface area (Å²) in [6.45, 7) is 0. The molecule has 0 saturated carbocycles. The second kappa shape index (κ2) is 8.13. The number of hydrogen-bond donors (Lipinski definition) is 2. The highest BCUT2D eigenvalue weighted by atomic mass is 16.2. The number of rotatable bonds is 5. The SMILES string of the molecule is N#Cc1cccc(C(=O)Nc2ccccc2NC(=O)C[C@H]2C=CCC2)c1. The zero-order chi connectivity index (χ0) is 18.4. The van der Waals surface area contributed by atoms with Gasteiger partial charge in [-0.25, -0.2) is 0 Å². The Labute approximate surface area is 152 Å². The largest absolute Gasteiger partial charge is 0.324 e. The van der Waals surface area contributed by atoms with Crippen molar-refractivity contribution >= 4 is 23.2 Å². The van der Waals surface area contributed by atoms with Gasteiger partial charge in [-0.15, -0.1) is 0 Å². The van der Waals surface area contributed by atoms with E-state index in [9.17, 15) is 9.59 Å². The van der Waals surface area contributed by atoms with Crippen LogP contribution in [0.1, 0.15) is 35.2 Å². The molecular weight excluding hydrogens is 326 g/mol. The molecule has 5 nitrogen and oxygen atoms in total. The van der Waals surface area contributed by atoms with E-state index in [4.69, 9.17) is 5.26 Å². The molecule has 0 saturated heterocycles. The van der Waals surface area contributed by atoms with Crippen molar-refractivity contribution in [3.63, 3.8) is 0 Å². The highest BCUT2D eigenvalue weighted by Gasteiger charge is 2.16. The summed E-state index contributed by atoms with van der Waals surface area (Å²) in [5, 5.41) is 14.6. The van der Waals surface area contributed by atoms with Crippen molar-refractivity contribution in [1.29, 1.82) is 5.26 Å². The molecule has 130 valence electrons. The summed E-state index contributed by atoms with van der Waals surface area (Å²) in [6.07, 6.45) is 6.63. The molecule has 0 aliphatic heterocycles. The molecule has 0 fully saturated rings. The number of carbonyl (C=O) groups is 2. The molecule has 0 spiro atoms. The Morgan fingerprint density at radius 3 is 2.54 bits per heavy atom. The Morgan fingerprint density at radius 1 is 1.08 bits per heavy atom. The number of amides is 2. The van der Waals surface area contributed by atoms with Crippen molar-refractivity contribution in [2.45, 2.75) is 19.3 Å². The molecule has 2 amide bonds. The Bertz CT molecular complexity index is 896. The Kier molecular flexibility index (Phi) is 5.45. The third kappa shape index (κ3) is 4.37. The summed E-state index contributed by atoms with van der Waals surface area (Å²) in [6, 6.07) is 15.6. The van der Waals surface area contributed by atoms with E-state index in [0.717, 1.165) is 12.8 Å². The lowest BCUT2D eigenvalue weighted by molar-refractivity contribution is -0.116. The van der Waals surface area contributed by atoms with Crippen molar-refractivity contribution in [2.75, 3.05) is 10.6 Å². The van der Waals surface area contributed by atoms with Crippen molar-refractivity contribution < 1.29 is 9.59 Å². The first-order valence-corrected chi connectivity index (χ1v) is 8.53.